The van der Waals surface area contributed by atoms with Crippen molar-refractivity contribution in [3.8, 4) is 0 Å². The zero-order chi connectivity index (χ0) is 14.9. The number of nitrogens with two attached hydrogens (primary N) is 1. The van der Waals surface area contributed by atoms with Crippen molar-refractivity contribution in [3.05, 3.63) is 34.6 Å². The van der Waals surface area contributed by atoms with Crippen molar-refractivity contribution in [3.63, 3.8) is 0 Å². The largest absolute Gasteiger partial charge is 0.396 e. The number of aromatic nitrogens is 2. The first kappa shape index (κ1) is 14.4. The van der Waals surface area contributed by atoms with E-state index < -0.39 is 5.82 Å². The van der Waals surface area contributed by atoms with Crippen LogP contribution in [0.5, 0.6) is 0 Å². The summed E-state index contributed by atoms with van der Waals surface area (Å²) in [6.45, 7) is 5.86. The van der Waals surface area contributed by atoms with Crippen molar-refractivity contribution in [1.82, 2.24) is 9.59 Å². The molecule has 20 heavy (non-hydrogen) atoms. The minimum absolute atomic E-state index is 0.0127. The summed E-state index contributed by atoms with van der Waals surface area (Å²) in [4.78, 5) is 12.7. The van der Waals surface area contributed by atoms with Crippen LogP contribution < -0.4 is 11.1 Å². The smallest absolute Gasteiger partial charge is 0.269 e. The van der Waals surface area contributed by atoms with Crippen LogP contribution in [0.2, 0.25) is 0 Å². The van der Waals surface area contributed by atoms with E-state index in [0.29, 0.717) is 16.3 Å². The number of nitrogens with zero attached hydrogens (tertiary/aromatic N) is 2. The van der Waals surface area contributed by atoms with Crippen molar-refractivity contribution < 1.29 is 9.18 Å². The predicted octanol–water partition coefficient (Wildman–Crippen LogP) is 2.81. The first-order valence-electron chi connectivity index (χ1n) is 5.98. The maximum Gasteiger partial charge on any atom is 0.269 e. The molecule has 7 heteroatoms. The minimum atomic E-state index is -0.516. The molecule has 2 aromatic rings. The van der Waals surface area contributed by atoms with Crippen molar-refractivity contribution in [2.45, 2.75) is 26.2 Å². The number of carbonyl (C=O) groups is 1. The molecule has 0 aliphatic heterocycles. The molecular weight excluding hydrogens is 279 g/mol. The molecule has 0 aliphatic rings. The van der Waals surface area contributed by atoms with Gasteiger partial charge in [0.1, 0.15) is 10.7 Å². The number of rotatable bonds is 2. The maximum atomic E-state index is 13.1. The lowest BCUT2D eigenvalue weighted by Gasteiger charge is -2.16. The molecule has 1 amide bonds. The standard InChI is InChI=1S/C13H15FN4OS/c1-13(2,3)11-10(20-18-17-11)12(19)16-7-4-5-8(14)9(15)6-7/h4-6H,15H2,1-3H3,(H,16,19). The van der Waals surface area contributed by atoms with E-state index in [2.05, 4.69) is 14.9 Å². The predicted molar refractivity (Wildman–Crippen MR) is 77.4 cm³/mol. The molecule has 0 radical (unpaired) electrons. The van der Waals surface area contributed by atoms with Gasteiger partial charge in [0.2, 0.25) is 0 Å². The lowest BCUT2D eigenvalue weighted by molar-refractivity contribution is 0.102. The van der Waals surface area contributed by atoms with Crippen LogP contribution in [0.4, 0.5) is 15.8 Å². The Hall–Kier alpha value is -2.02. The molecule has 5 nitrogen and oxygen atoms in total. The van der Waals surface area contributed by atoms with Crippen LogP contribution in [0.25, 0.3) is 0 Å². The summed E-state index contributed by atoms with van der Waals surface area (Å²) < 4.78 is 16.9. The molecule has 0 fully saturated rings. The summed E-state index contributed by atoms with van der Waals surface area (Å²) in [6.07, 6.45) is 0. The second-order valence-electron chi connectivity index (χ2n) is 5.39. The summed E-state index contributed by atoms with van der Waals surface area (Å²) in [6, 6.07) is 4.04. The fourth-order valence-corrected chi connectivity index (χ4v) is 2.41. The summed E-state index contributed by atoms with van der Waals surface area (Å²) in [7, 11) is 0. The van der Waals surface area contributed by atoms with E-state index >= 15 is 0 Å². The van der Waals surface area contributed by atoms with Crippen LogP contribution in [0.15, 0.2) is 18.2 Å². The molecule has 0 saturated heterocycles. The normalized spacial score (nSPS) is 11.4. The van der Waals surface area contributed by atoms with Gasteiger partial charge in [-0.05, 0) is 29.7 Å². The lowest BCUT2D eigenvalue weighted by Crippen LogP contribution is -2.20. The van der Waals surface area contributed by atoms with Gasteiger partial charge >= 0.3 is 0 Å². The van der Waals surface area contributed by atoms with E-state index in [4.69, 9.17) is 5.73 Å². The highest BCUT2D eigenvalue weighted by Gasteiger charge is 2.26. The van der Waals surface area contributed by atoms with Gasteiger partial charge < -0.3 is 11.1 Å². The molecule has 1 aromatic heterocycles. The average Bonchev–Trinajstić information content (AvgIpc) is 2.83. The number of carbonyl (C=O) groups excluding carboxylic acids is 1. The second-order valence-corrected chi connectivity index (χ2v) is 6.15. The van der Waals surface area contributed by atoms with E-state index in [1.54, 1.807) is 0 Å². The molecule has 3 N–H and O–H groups in total. The van der Waals surface area contributed by atoms with E-state index in [1.807, 2.05) is 20.8 Å². The van der Waals surface area contributed by atoms with Gasteiger partial charge in [0, 0.05) is 11.1 Å². The Labute approximate surface area is 120 Å². The van der Waals surface area contributed by atoms with E-state index in [-0.39, 0.29) is 17.0 Å². The fourth-order valence-electron chi connectivity index (χ4n) is 1.64. The number of benzene rings is 1. The zero-order valence-corrected chi connectivity index (χ0v) is 12.2. The second kappa shape index (κ2) is 5.16. The Balaban J connectivity index is 2.25. The number of hydrogen-bond donors (Lipinski definition) is 2. The topological polar surface area (TPSA) is 80.9 Å². The SMILES string of the molecule is CC(C)(C)c1nnsc1C(=O)Nc1ccc(F)c(N)c1. The van der Waals surface area contributed by atoms with Crippen LogP contribution >= 0.6 is 11.5 Å². The van der Waals surface area contributed by atoms with Gasteiger partial charge in [-0.3, -0.25) is 4.79 Å². The highest BCUT2D eigenvalue weighted by atomic mass is 32.1. The number of nitrogen functional groups attached to an aromatic ring is 1. The summed E-state index contributed by atoms with van der Waals surface area (Å²) in [5, 5.41) is 6.67. The first-order chi connectivity index (χ1) is 9.29. The average molecular weight is 294 g/mol. The molecule has 0 saturated carbocycles. The molecule has 1 heterocycles. The highest BCUT2D eigenvalue weighted by molar-refractivity contribution is 7.08. The van der Waals surface area contributed by atoms with Crippen LogP contribution in [0.3, 0.4) is 0 Å². The van der Waals surface area contributed by atoms with E-state index in [0.717, 1.165) is 11.5 Å². The van der Waals surface area contributed by atoms with Gasteiger partial charge in [0.05, 0.1) is 11.4 Å². The molecular formula is C13H15FN4OS. The van der Waals surface area contributed by atoms with Crippen molar-refractivity contribution in [2.24, 2.45) is 0 Å². The van der Waals surface area contributed by atoms with Gasteiger partial charge in [-0.2, -0.15) is 0 Å². The molecule has 0 atom stereocenters. The number of amides is 1. The molecule has 106 valence electrons. The number of halogens is 1. The minimum Gasteiger partial charge on any atom is -0.396 e. The van der Waals surface area contributed by atoms with Gasteiger partial charge in [-0.25, -0.2) is 4.39 Å². The Morgan fingerprint density at radius 1 is 1.40 bits per heavy atom. The molecule has 0 bridgehead atoms. The van der Waals surface area contributed by atoms with Crippen LogP contribution in [0, 0.1) is 5.82 Å². The van der Waals surface area contributed by atoms with Crippen molar-refractivity contribution in [1.29, 1.82) is 0 Å². The number of anilines is 2. The summed E-state index contributed by atoms with van der Waals surface area (Å²) >= 11 is 1.03. The maximum absolute atomic E-state index is 13.1. The number of nitrogens with one attached hydrogen (secondary N) is 1. The monoisotopic (exact) mass is 294 g/mol. The van der Waals surface area contributed by atoms with E-state index in [9.17, 15) is 9.18 Å². The van der Waals surface area contributed by atoms with Gasteiger partial charge in [0.25, 0.3) is 5.91 Å². The van der Waals surface area contributed by atoms with Gasteiger partial charge in [-0.15, -0.1) is 5.10 Å². The highest BCUT2D eigenvalue weighted by Crippen LogP contribution is 2.26. The molecule has 0 spiro atoms. The summed E-state index contributed by atoms with van der Waals surface area (Å²) in [5.41, 5.74) is 6.24. The zero-order valence-electron chi connectivity index (χ0n) is 11.4. The van der Waals surface area contributed by atoms with Gasteiger partial charge in [-0.1, -0.05) is 25.3 Å². The fraction of sp³-hybridized carbons (Fsp3) is 0.308. The number of hydrogen-bond acceptors (Lipinski definition) is 5. The van der Waals surface area contributed by atoms with Gasteiger partial charge in [0.15, 0.2) is 0 Å². The van der Waals surface area contributed by atoms with Crippen LogP contribution in [-0.2, 0) is 5.41 Å². The summed E-state index contributed by atoms with van der Waals surface area (Å²) in [5.74, 6) is -0.839. The molecule has 0 unspecified atom stereocenters. The Morgan fingerprint density at radius 2 is 2.10 bits per heavy atom. The van der Waals surface area contributed by atoms with Crippen molar-refractivity contribution in [2.75, 3.05) is 11.1 Å². The Morgan fingerprint density at radius 3 is 2.70 bits per heavy atom. The van der Waals surface area contributed by atoms with Crippen molar-refractivity contribution >= 4 is 28.8 Å². The third-order valence-corrected chi connectivity index (χ3v) is 3.38. The van der Waals surface area contributed by atoms with Crippen LogP contribution in [0.1, 0.15) is 36.1 Å². The van der Waals surface area contributed by atoms with Crippen LogP contribution in [-0.4, -0.2) is 15.5 Å². The molecule has 0 aliphatic carbocycles. The first-order valence-corrected chi connectivity index (χ1v) is 6.75. The van der Waals surface area contributed by atoms with E-state index in [1.165, 1.54) is 18.2 Å². The lowest BCUT2D eigenvalue weighted by atomic mass is 9.91. The Kier molecular flexibility index (Phi) is 3.71. The third kappa shape index (κ3) is 2.93. The quantitative estimate of drug-likeness (QED) is 0.835. The third-order valence-electron chi connectivity index (χ3n) is 2.66. The molecule has 2 rings (SSSR count). The Bertz CT molecular complexity index is 648. The molecule has 1 aromatic carbocycles.